The minimum Gasteiger partial charge on any atom is -0.493 e. The van der Waals surface area contributed by atoms with E-state index in [4.69, 9.17) is 9.47 Å². The molecule has 7 rings (SSSR count). The first-order valence-electron chi connectivity index (χ1n) is 17.9. The van der Waals surface area contributed by atoms with Gasteiger partial charge in [-0.25, -0.2) is 0 Å². The molecule has 2 aromatic carbocycles. The van der Waals surface area contributed by atoms with Crippen LogP contribution < -0.4 is 9.47 Å². The van der Waals surface area contributed by atoms with Crippen molar-refractivity contribution in [2.75, 3.05) is 26.7 Å². The fraction of sp³-hybridized carbons (Fsp3) is 0.641. The maximum atomic E-state index is 14.3. The highest BCUT2D eigenvalue weighted by Crippen LogP contribution is 2.64. The smallest absolute Gasteiger partial charge is 0.222 e. The molecule has 2 bridgehead atoms. The van der Waals surface area contributed by atoms with Crippen LogP contribution >= 0.6 is 0 Å². The molecule has 5 atom stereocenters. The highest BCUT2D eigenvalue weighted by atomic mass is 16.5. The van der Waals surface area contributed by atoms with E-state index >= 15 is 0 Å². The standard InChI is InChI=1S/C39H52N2O4/c1-27(42)25-40-23-22-39-31-19-20-32(38(39)45-37-34(44-2)21-18-30(36(37)39)24-33(31)40)41(26-29-15-9-4-10-16-29)35(43)17-11-5-8-14-28-12-6-3-7-13-28/h3,6-7,12-13,18,21,29,31-33,38H,4-5,8-11,14-17,19-20,22-26H2,1-2H3/t31-,32-,33+,38-,39-/m0/s1. The summed E-state index contributed by atoms with van der Waals surface area (Å²) in [5, 5.41) is 0. The number of hydrogen-bond acceptors (Lipinski definition) is 5. The first-order chi connectivity index (χ1) is 22.0. The van der Waals surface area contributed by atoms with E-state index in [0.29, 0.717) is 36.8 Å². The van der Waals surface area contributed by atoms with E-state index in [1.54, 1.807) is 14.0 Å². The zero-order valence-electron chi connectivity index (χ0n) is 27.5. The lowest BCUT2D eigenvalue weighted by Gasteiger charge is -2.60. The van der Waals surface area contributed by atoms with E-state index in [0.717, 1.165) is 76.0 Å². The SMILES string of the molecule is COc1ccc2c3c1O[C@H]1[C@@H](N(CC4CCCCC4)C(=O)CCCCCc4ccccc4)CC[C@H]4[C@@H](C2)N(CC(C)=O)CC[C@@]341. The molecule has 0 unspecified atom stereocenters. The maximum Gasteiger partial charge on any atom is 0.222 e. The molecule has 1 amide bonds. The number of rotatable bonds is 12. The van der Waals surface area contributed by atoms with Gasteiger partial charge in [-0.05, 0) is 100 Å². The molecule has 0 N–H and O–H groups in total. The summed E-state index contributed by atoms with van der Waals surface area (Å²) in [6.07, 6.45) is 15.1. The fourth-order valence-corrected chi connectivity index (χ4v) is 10.2. The Hall–Kier alpha value is -2.86. The van der Waals surface area contributed by atoms with Gasteiger partial charge in [-0.1, -0.05) is 62.1 Å². The van der Waals surface area contributed by atoms with Crippen LogP contribution in [-0.2, 0) is 27.8 Å². The van der Waals surface area contributed by atoms with Crippen LogP contribution in [0.3, 0.4) is 0 Å². The number of Topliss-reactive ketones (excluding diaryl/α,β-unsaturated/α-hetero) is 1. The number of aryl methyl sites for hydroxylation is 1. The Kier molecular flexibility index (Phi) is 8.96. The number of amides is 1. The van der Waals surface area contributed by atoms with Gasteiger partial charge in [0.25, 0.3) is 0 Å². The molecule has 2 saturated carbocycles. The third-order valence-electron chi connectivity index (χ3n) is 12.1. The third-order valence-corrected chi connectivity index (χ3v) is 12.1. The number of methoxy groups -OCH3 is 1. The van der Waals surface area contributed by atoms with Crippen molar-refractivity contribution in [2.45, 2.75) is 120 Å². The van der Waals surface area contributed by atoms with Gasteiger partial charge >= 0.3 is 0 Å². The third kappa shape index (κ3) is 5.70. The molecule has 0 radical (unpaired) electrons. The predicted molar refractivity (Wildman–Crippen MR) is 177 cm³/mol. The summed E-state index contributed by atoms with van der Waals surface area (Å²) in [6, 6.07) is 15.4. The van der Waals surface area contributed by atoms with Crippen LogP contribution in [0.25, 0.3) is 0 Å². The number of carbonyl (C=O) groups excluding carboxylic acids is 2. The number of hydrogen-bond donors (Lipinski definition) is 0. The summed E-state index contributed by atoms with van der Waals surface area (Å²) >= 11 is 0. The van der Waals surface area contributed by atoms with E-state index in [1.165, 1.54) is 48.8 Å². The molecule has 242 valence electrons. The zero-order valence-corrected chi connectivity index (χ0v) is 27.5. The lowest BCUT2D eigenvalue weighted by molar-refractivity contribution is -0.145. The number of ether oxygens (including phenoxy) is 2. The molecule has 0 aromatic heterocycles. The van der Waals surface area contributed by atoms with Crippen LogP contribution in [0.5, 0.6) is 11.5 Å². The van der Waals surface area contributed by atoms with Crippen LogP contribution in [0.1, 0.15) is 101 Å². The Balaban J connectivity index is 1.15. The molecule has 2 heterocycles. The molecule has 6 nitrogen and oxygen atoms in total. The van der Waals surface area contributed by atoms with Gasteiger partial charge < -0.3 is 14.4 Å². The monoisotopic (exact) mass is 612 g/mol. The molecule has 2 aromatic rings. The van der Waals surface area contributed by atoms with Gasteiger partial charge in [0.15, 0.2) is 11.5 Å². The van der Waals surface area contributed by atoms with Gasteiger partial charge in [0, 0.05) is 30.0 Å². The van der Waals surface area contributed by atoms with Crippen LogP contribution in [-0.4, -0.2) is 66.4 Å². The molecule has 3 fully saturated rings. The first kappa shape index (κ1) is 30.8. The van der Waals surface area contributed by atoms with Gasteiger partial charge in [-0.2, -0.15) is 0 Å². The Morgan fingerprint density at radius 2 is 1.82 bits per heavy atom. The van der Waals surface area contributed by atoms with Crippen molar-refractivity contribution in [1.82, 2.24) is 9.80 Å². The summed E-state index contributed by atoms with van der Waals surface area (Å²) in [7, 11) is 1.74. The average Bonchev–Trinajstić information content (AvgIpc) is 3.40. The van der Waals surface area contributed by atoms with Gasteiger partial charge in [-0.3, -0.25) is 14.5 Å². The minimum atomic E-state index is -0.126. The van der Waals surface area contributed by atoms with Crippen LogP contribution in [0.15, 0.2) is 42.5 Å². The Bertz CT molecular complexity index is 1370. The number of nitrogens with zero attached hydrogens (tertiary/aromatic N) is 2. The molecule has 3 aliphatic carbocycles. The van der Waals surface area contributed by atoms with Crippen molar-refractivity contribution in [2.24, 2.45) is 11.8 Å². The van der Waals surface area contributed by atoms with E-state index in [2.05, 4.69) is 52.3 Å². The quantitative estimate of drug-likeness (QED) is 0.244. The molecular weight excluding hydrogens is 560 g/mol. The van der Waals surface area contributed by atoms with E-state index in [-0.39, 0.29) is 23.3 Å². The first-order valence-corrected chi connectivity index (χ1v) is 17.9. The van der Waals surface area contributed by atoms with E-state index in [9.17, 15) is 9.59 Å². The topological polar surface area (TPSA) is 59.1 Å². The van der Waals surface area contributed by atoms with Crippen molar-refractivity contribution >= 4 is 11.7 Å². The Morgan fingerprint density at radius 1 is 1.00 bits per heavy atom. The van der Waals surface area contributed by atoms with Gasteiger partial charge in [-0.15, -0.1) is 0 Å². The molecule has 1 saturated heterocycles. The van der Waals surface area contributed by atoms with E-state index < -0.39 is 0 Å². The minimum absolute atomic E-state index is 0.0609. The second-order valence-corrected chi connectivity index (χ2v) is 14.8. The number of unbranched alkanes of at least 4 members (excludes halogenated alkanes) is 2. The van der Waals surface area contributed by atoms with Gasteiger partial charge in [0.1, 0.15) is 11.9 Å². The molecule has 1 spiro atoms. The largest absolute Gasteiger partial charge is 0.493 e. The number of carbonyl (C=O) groups is 2. The zero-order chi connectivity index (χ0) is 31.0. The number of piperidine rings is 1. The number of benzene rings is 2. The molecule has 6 heteroatoms. The lowest BCUT2D eigenvalue weighted by Crippen LogP contribution is -2.69. The van der Waals surface area contributed by atoms with Crippen LogP contribution in [0, 0.1) is 11.8 Å². The van der Waals surface area contributed by atoms with Gasteiger partial charge in [0.05, 0.1) is 19.7 Å². The normalized spacial score (nSPS) is 28.7. The second-order valence-electron chi connectivity index (χ2n) is 14.8. The fourth-order valence-electron chi connectivity index (χ4n) is 10.2. The second kappa shape index (κ2) is 13.1. The van der Waals surface area contributed by atoms with Crippen molar-refractivity contribution in [3.63, 3.8) is 0 Å². The molecule has 2 aliphatic heterocycles. The molecule has 5 aliphatic rings. The summed E-state index contributed by atoms with van der Waals surface area (Å²) in [5.41, 5.74) is 3.98. The van der Waals surface area contributed by atoms with Crippen molar-refractivity contribution in [3.8, 4) is 11.5 Å². The highest BCUT2D eigenvalue weighted by Gasteiger charge is 2.66. The van der Waals surface area contributed by atoms with Crippen molar-refractivity contribution in [3.05, 3.63) is 59.2 Å². The number of ketones is 1. The van der Waals surface area contributed by atoms with Gasteiger partial charge in [0.2, 0.25) is 5.91 Å². The summed E-state index contributed by atoms with van der Waals surface area (Å²) in [4.78, 5) is 31.4. The molecular formula is C39H52N2O4. The molecule has 45 heavy (non-hydrogen) atoms. The number of likely N-dealkylation sites (tertiary alicyclic amines) is 1. The summed E-state index contributed by atoms with van der Waals surface area (Å²) in [5.74, 6) is 3.34. The summed E-state index contributed by atoms with van der Waals surface area (Å²) < 4.78 is 13.0. The van der Waals surface area contributed by atoms with E-state index in [1.807, 2.05) is 0 Å². The lowest BCUT2D eigenvalue weighted by atomic mass is 9.51. The average molecular weight is 613 g/mol. The summed E-state index contributed by atoms with van der Waals surface area (Å²) in [6.45, 7) is 4.02. The Labute approximate surface area is 269 Å². The van der Waals surface area contributed by atoms with Crippen molar-refractivity contribution < 1.29 is 19.1 Å². The van der Waals surface area contributed by atoms with Crippen molar-refractivity contribution in [1.29, 1.82) is 0 Å². The van der Waals surface area contributed by atoms with Crippen LogP contribution in [0.2, 0.25) is 0 Å². The predicted octanol–water partition coefficient (Wildman–Crippen LogP) is 6.90. The highest BCUT2D eigenvalue weighted by molar-refractivity contribution is 5.78. The van der Waals surface area contributed by atoms with Crippen LogP contribution in [0.4, 0.5) is 0 Å². The Morgan fingerprint density at radius 3 is 2.60 bits per heavy atom. The maximum absolute atomic E-state index is 14.3.